The molecule has 0 aromatic heterocycles. The number of anilines is 2. The highest BCUT2D eigenvalue weighted by Gasteiger charge is 1.98. The number of nitrogens with two attached hydrogens (primary N) is 1. The molecular weight excluding hydrogens is 178 g/mol. The van der Waals surface area contributed by atoms with Crippen molar-refractivity contribution < 1.29 is 4.79 Å². The lowest BCUT2D eigenvalue weighted by molar-refractivity contribution is -0.118. The van der Waals surface area contributed by atoms with Crippen molar-refractivity contribution in [3.8, 4) is 0 Å². The minimum absolute atomic E-state index is 0.0509. The molecule has 1 amide bonds. The Balaban J connectivity index is 2.63. The van der Waals surface area contributed by atoms with Gasteiger partial charge in [-0.05, 0) is 30.7 Å². The van der Waals surface area contributed by atoms with Crippen molar-refractivity contribution in [2.45, 2.75) is 6.92 Å². The van der Waals surface area contributed by atoms with Crippen molar-refractivity contribution in [2.24, 2.45) is 0 Å². The van der Waals surface area contributed by atoms with E-state index in [1.807, 2.05) is 19.1 Å². The molecule has 0 saturated carbocycles. The van der Waals surface area contributed by atoms with Gasteiger partial charge in [0.05, 0.1) is 6.54 Å². The van der Waals surface area contributed by atoms with Gasteiger partial charge in [0.25, 0.3) is 0 Å². The highest BCUT2D eigenvalue weighted by atomic mass is 16.1. The van der Waals surface area contributed by atoms with E-state index in [4.69, 9.17) is 5.73 Å². The van der Waals surface area contributed by atoms with E-state index in [-0.39, 0.29) is 12.5 Å². The molecule has 0 aliphatic rings. The fourth-order valence-corrected chi connectivity index (χ4v) is 1.19. The van der Waals surface area contributed by atoms with Gasteiger partial charge in [-0.15, -0.1) is 0 Å². The van der Waals surface area contributed by atoms with Gasteiger partial charge in [0.2, 0.25) is 5.91 Å². The van der Waals surface area contributed by atoms with Gasteiger partial charge in [-0.3, -0.25) is 4.79 Å². The Morgan fingerprint density at radius 1 is 1.43 bits per heavy atom. The number of nitrogens with one attached hydrogen (secondary N) is 2. The Morgan fingerprint density at radius 3 is 2.71 bits per heavy atom. The van der Waals surface area contributed by atoms with Crippen molar-refractivity contribution >= 4 is 17.3 Å². The Morgan fingerprint density at radius 2 is 2.14 bits per heavy atom. The smallest absolute Gasteiger partial charge is 0.239 e. The fraction of sp³-hybridized carbons (Fsp3) is 0.300. The number of carbonyl (C=O) groups excluding carboxylic acids is 1. The van der Waals surface area contributed by atoms with Crippen LogP contribution in [-0.2, 0) is 4.79 Å². The topological polar surface area (TPSA) is 67.2 Å². The highest BCUT2D eigenvalue weighted by molar-refractivity contribution is 5.80. The Bertz CT molecular complexity index is 316. The van der Waals surface area contributed by atoms with Gasteiger partial charge in [0.15, 0.2) is 0 Å². The predicted molar refractivity (Wildman–Crippen MR) is 58.1 cm³/mol. The highest BCUT2D eigenvalue weighted by Crippen LogP contribution is 2.15. The van der Waals surface area contributed by atoms with Crippen LogP contribution in [0.2, 0.25) is 0 Å². The summed E-state index contributed by atoms with van der Waals surface area (Å²) in [6, 6.07) is 5.63. The van der Waals surface area contributed by atoms with Crippen LogP contribution in [0.1, 0.15) is 5.56 Å². The lowest BCUT2D eigenvalue weighted by Crippen LogP contribution is -2.26. The first-order chi connectivity index (χ1) is 6.61. The van der Waals surface area contributed by atoms with E-state index in [0.29, 0.717) is 5.69 Å². The van der Waals surface area contributed by atoms with Crippen LogP contribution < -0.4 is 16.4 Å². The molecule has 4 heteroatoms. The van der Waals surface area contributed by atoms with Crippen molar-refractivity contribution in [3.63, 3.8) is 0 Å². The average Bonchev–Trinajstić information content (AvgIpc) is 2.12. The van der Waals surface area contributed by atoms with Crippen molar-refractivity contribution in [1.82, 2.24) is 5.32 Å². The summed E-state index contributed by atoms with van der Waals surface area (Å²) in [6.07, 6.45) is 0. The maximum absolute atomic E-state index is 11.0. The SMILES string of the molecule is CNC(=O)CNc1cc(C)cc(N)c1. The monoisotopic (exact) mass is 193 g/mol. The van der Waals surface area contributed by atoms with Gasteiger partial charge in [-0.2, -0.15) is 0 Å². The number of nitrogen functional groups attached to an aromatic ring is 1. The molecule has 4 N–H and O–H groups in total. The molecule has 76 valence electrons. The number of hydrogen-bond donors (Lipinski definition) is 3. The molecule has 14 heavy (non-hydrogen) atoms. The minimum atomic E-state index is -0.0509. The summed E-state index contributed by atoms with van der Waals surface area (Å²) in [7, 11) is 1.61. The van der Waals surface area contributed by atoms with Crippen molar-refractivity contribution in [1.29, 1.82) is 0 Å². The van der Waals surface area contributed by atoms with Gasteiger partial charge in [-0.1, -0.05) is 0 Å². The van der Waals surface area contributed by atoms with Crippen LogP contribution in [0, 0.1) is 6.92 Å². The third-order valence-corrected chi connectivity index (χ3v) is 1.83. The summed E-state index contributed by atoms with van der Waals surface area (Å²) in [5, 5.41) is 5.52. The molecule has 0 saturated heterocycles. The van der Waals surface area contributed by atoms with Crippen LogP contribution in [0.5, 0.6) is 0 Å². The van der Waals surface area contributed by atoms with E-state index in [2.05, 4.69) is 10.6 Å². The Kier molecular flexibility index (Phi) is 3.34. The molecule has 0 bridgehead atoms. The summed E-state index contributed by atoms with van der Waals surface area (Å²) in [5.41, 5.74) is 8.30. The summed E-state index contributed by atoms with van der Waals surface area (Å²) in [6.45, 7) is 2.22. The largest absolute Gasteiger partial charge is 0.399 e. The third-order valence-electron chi connectivity index (χ3n) is 1.83. The molecule has 0 fully saturated rings. The molecule has 0 spiro atoms. The summed E-state index contributed by atoms with van der Waals surface area (Å²) < 4.78 is 0. The number of benzene rings is 1. The zero-order valence-electron chi connectivity index (χ0n) is 8.42. The third kappa shape index (κ3) is 2.97. The number of aryl methyl sites for hydroxylation is 1. The van der Waals surface area contributed by atoms with E-state index in [0.717, 1.165) is 11.3 Å². The van der Waals surface area contributed by atoms with Gasteiger partial charge in [-0.25, -0.2) is 0 Å². The van der Waals surface area contributed by atoms with Gasteiger partial charge in [0, 0.05) is 18.4 Å². The van der Waals surface area contributed by atoms with Crippen molar-refractivity contribution in [2.75, 3.05) is 24.6 Å². The Hall–Kier alpha value is -1.71. The summed E-state index contributed by atoms with van der Waals surface area (Å²) in [5.74, 6) is -0.0509. The first-order valence-corrected chi connectivity index (χ1v) is 4.43. The second kappa shape index (κ2) is 4.50. The molecule has 0 aliphatic heterocycles. The van der Waals surface area contributed by atoms with Crippen LogP contribution in [-0.4, -0.2) is 19.5 Å². The van der Waals surface area contributed by atoms with E-state index in [1.165, 1.54) is 0 Å². The first kappa shape index (κ1) is 10.4. The van der Waals surface area contributed by atoms with Crippen LogP contribution >= 0.6 is 0 Å². The van der Waals surface area contributed by atoms with Crippen LogP contribution in [0.3, 0.4) is 0 Å². The maximum Gasteiger partial charge on any atom is 0.239 e. The lowest BCUT2D eigenvalue weighted by atomic mass is 10.2. The van der Waals surface area contributed by atoms with Crippen LogP contribution in [0.25, 0.3) is 0 Å². The molecule has 1 aromatic carbocycles. The molecule has 0 heterocycles. The van der Waals surface area contributed by atoms with Gasteiger partial charge in [0.1, 0.15) is 0 Å². The number of hydrogen-bond acceptors (Lipinski definition) is 3. The van der Waals surface area contributed by atoms with Crippen LogP contribution in [0.4, 0.5) is 11.4 Å². The maximum atomic E-state index is 11.0. The number of carbonyl (C=O) groups is 1. The molecule has 1 aromatic rings. The average molecular weight is 193 g/mol. The van der Waals surface area contributed by atoms with Gasteiger partial charge >= 0.3 is 0 Å². The first-order valence-electron chi connectivity index (χ1n) is 4.43. The van der Waals surface area contributed by atoms with Crippen LogP contribution in [0.15, 0.2) is 18.2 Å². The standard InChI is InChI=1S/C10H15N3O/c1-7-3-8(11)5-9(4-7)13-6-10(14)12-2/h3-5,13H,6,11H2,1-2H3,(H,12,14). The molecule has 1 rings (SSSR count). The van der Waals surface area contributed by atoms with E-state index < -0.39 is 0 Å². The van der Waals surface area contributed by atoms with E-state index in [9.17, 15) is 4.79 Å². The number of rotatable bonds is 3. The molecule has 0 aliphatic carbocycles. The lowest BCUT2D eigenvalue weighted by Gasteiger charge is -2.07. The van der Waals surface area contributed by atoms with Gasteiger partial charge < -0.3 is 16.4 Å². The zero-order chi connectivity index (χ0) is 10.6. The van der Waals surface area contributed by atoms with Crippen molar-refractivity contribution in [3.05, 3.63) is 23.8 Å². The number of likely N-dealkylation sites (N-methyl/N-ethyl adjacent to an activating group) is 1. The molecule has 4 nitrogen and oxygen atoms in total. The molecule has 0 unspecified atom stereocenters. The molecule has 0 atom stereocenters. The molecule has 0 radical (unpaired) electrons. The fourth-order valence-electron chi connectivity index (χ4n) is 1.19. The summed E-state index contributed by atoms with van der Waals surface area (Å²) in [4.78, 5) is 11.0. The zero-order valence-corrected chi connectivity index (χ0v) is 8.42. The van der Waals surface area contributed by atoms with E-state index in [1.54, 1.807) is 13.1 Å². The second-order valence-corrected chi connectivity index (χ2v) is 3.16. The predicted octanol–water partition coefficient (Wildman–Crippen LogP) is 0.735. The quantitative estimate of drug-likeness (QED) is 0.620. The molecular formula is C10H15N3O. The normalized spacial score (nSPS) is 9.57. The Labute approximate surface area is 83.5 Å². The number of amides is 1. The minimum Gasteiger partial charge on any atom is -0.399 e. The summed E-state index contributed by atoms with van der Waals surface area (Å²) >= 11 is 0. The van der Waals surface area contributed by atoms with E-state index >= 15 is 0 Å². The second-order valence-electron chi connectivity index (χ2n) is 3.16.